The minimum atomic E-state index is -1.32. The molecule has 5 nitrogen and oxygen atoms in total. The molecule has 2 N–H and O–H groups in total. The first kappa shape index (κ1) is 23.9. The van der Waals surface area contributed by atoms with Gasteiger partial charge in [0, 0.05) is 23.6 Å². The molecule has 152 valence electrons. The molecular weight excluding hydrogens is 473 g/mol. The van der Waals surface area contributed by atoms with Crippen LogP contribution in [0.2, 0.25) is 25.7 Å². The molecule has 2 unspecified atom stereocenters. The largest absolute Gasteiger partial charge is 0.481 e. The SMILES string of the molecule is CC(C)(C)OC(=O)NC(CC(=O)O)C(CC[Si](C)(C)C)c1ccc(I)cc1. The normalized spacial score (nSPS) is 14.3. The molecule has 1 rings (SSSR count). The Balaban J connectivity index is 3.13. The first-order valence-electron chi connectivity index (χ1n) is 9.23. The third kappa shape index (κ3) is 10.1. The predicted molar refractivity (Wildman–Crippen MR) is 120 cm³/mol. The third-order valence-corrected chi connectivity index (χ3v) is 6.59. The Hall–Kier alpha value is -1.09. The Kier molecular flexibility index (Phi) is 8.79. The van der Waals surface area contributed by atoms with Gasteiger partial charge in [-0.3, -0.25) is 4.79 Å². The average Bonchev–Trinajstić information content (AvgIpc) is 2.45. The van der Waals surface area contributed by atoms with Crippen LogP contribution in [0.15, 0.2) is 24.3 Å². The van der Waals surface area contributed by atoms with Crippen LogP contribution in [0.5, 0.6) is 0 Å². The van der Waals surface area contributed by atoms with Gasteiger partial charge in [0.1, 0.15) is 5.60 Å². The number of benzene rings is 1. The number of carboxylic acid groups (broad SMARTS) is 1. The molecule has 2 atom stereocenters. The average molecular weight is 505 g/mol. The molecule has 0 heterocycles. The predicted octanol–water partition coefficient (Wildman–Crippen LogP) is 5.47. The quantitative estimate of drug-likeness (QED) is 0.363. The Morgan fingerprint density at radius 2 is 1.74 bits per heavy atom. The lowest BCUT2D eigenvalue weighted by molar-refractivity contribution is -0.137. The molecule has 0 fully saturated rings. The number of hydrogen-bond donors (Lipinski definition) is 2. The minimum absolute atomic E-state index is 0.0719. The second-order valence-corrected chi connectivity index (χ2v) is 16.0. The fourth-order valence-corrected chi connectivity index (χ4v) is 4.38. The first-order chi connectivity index (χ1) is 12.3. The van der Waals surface area contributed by atoms with E-state index in [-0.39, 0.29) is 12.3 Å². The molecule has 1 aromatic rings. The summed E-state index contributed by atoms with van der Waals surface area (Å²) >= 11 is 2.25. The molecule has 0 aromatic heterocycles. The minimum Gasteiger partial charge on any atom is -0.481 e. The highest BCUT2D eigenvalue weighted by Gasteiger charge is 2.30. The summed E-state index contributed by atoms with van der Waals surface area (Å²) in [4.78, 5) is 23.8. The monoisotopic (exact) mass is 505 g/mol. The number of nitrogens with one attached hydrogen (secondary N) is 1. The van der Waals surface area contributed by atoms with Crippen molar-refractivity contribution in [2.45, 2.75) is 76.9 Å². The van der Waals surface area contributed by atoms with Crippen molar-refractivity contribution >= 4 is 42.7 Å². The maximum Gasteiger partial charge on any atom is 0.407 e. The van der Waals surface area contributed by atoms with Crippen molar-refractivity contribution in [2.75, 3.05) is 0 Å². The zero-order valence-corrected chi connectivity index (χ0v) is 20.3. The van der Waals surface area contributed by atoms with Crippen molar-refractivity contribution < 1.29 is 19.4 Å². The van der Waals surface area contributed by atoms with Crippen molar-refractivity contribution in [3.05, 3.63) is 33.4 Å². The molecule has 0 aliphatic carbocycles. The zero-order chi connectivity index (χ0) is 20.8. The number of aliphatic carboxylic acids is 1. The number of carboxylic acids is 1. The molecular formula is C20H32INO4Si. The van der Waals surface area contributed by atoms with Crippen molar-refractivity contribution in [1.82, 2.24) is 5.32 Å². The molecule has 0 radical (unpaired) electrons. The van der Waals surface area contributed by atoms with E-state index in [4.69, 9.17) is 4.74 Å². The van der Waals surface area contributed by atoms with Crippen molar-refractivity contribution in [3.8, 4) is 0 Å². The standard InChI is InChI=1S/C20H32INO4Si/c1-20(2,3)26-19(25)22-17(13-18(23)24)16(11-12-27(4,5)6)14-7-9-15(21)10-8-14/h7-10,16-17H,11-13H2,1-6H3,(H,22,25)(H,23,24). The molecule has 7 heteroatoms. The van der Waals surface area contributed by atoms with E-state index in [1.54, 1.807) is 20.8 Å². The molecule has 0 saturated heterocycles. The van der Waals surface area contributed by atoms with E-state index >= 15 is 0 Å². The molecule has 1 amide bonds. The van der Waals surface area contributed by atoms with Gasteiger partial charge < -0.3 is 15.2 Å². The molecule has 0 bridgehead atoms. The second-order valence-electron chi connectivity index (χ2n) is 9.11. The Bertz CT molecular complexity index is 635. The van der Waals surface area contributed by atoms with E-state index in [9.17, 15) is 14.7 Å². The summed E-state index contributed by atoms with van der Waals surface area (Å²) in [5.41, 5.74) is 0.421. The number of alkyl carbamates (subject to hydrolysis) is 1. The Labute approximate surface area is 177 Å². The lowest BCUT2D eigenvalue weighted by Crippen LogP contribution is -2.43. The number of ether oxygens (including phenoxy) is 1. The van der Waals surface area contributed by atoms with Crippen LogP contribution in [0.4, 0.5) is 4.79 Å². The van der Waals surface area contributed by atoms with Gasteiger partial charge in [0.2, 0.25) is 0 Å². The maximum absolute atomic E-state index is 12.3. The van der Waals surface area contributed by atoms with Crippen LogP contribution in [0.25, 0.3) is 0 Å². The highest BCUT2D eigenvalue weighted by molar-refractivity contribution is 14.1. The van der Waals surface area contributed by atoms with Gasteiger partial charge >= 0.3 is 12.1 Å². The summed E-state index contributed by atoms with van der Waals surface area (Å²) in [6.45, 7) is 12.3. The van der Waals surface area contributed by atoms with Gasteiger partial charge in [-0.25, -0.2) is 4.79 Å². The number of amides is 1. The Morgan fingerprint density at radius 3 is 2.19 bits per heavy atom. The fourth-order valence-electron chi connectivity index (χ4n) is 2.84. The molecule has 1 aromatic carbocycles. The first-order valence-corrected chi connectivity index (χ1v) is 14.0. The fraction of sp³-hybridized carbons (Fsp3) is 0.600. The van der Waals surface area contributed by atoms with Crippen molar-refractivity contribution in [2.24, 2.45) is 0 Å². The Morgan fingerprint density at radius 1 is 1.19 bits per heavy atom. The summed E-state index contributed by atoms with van der Waals surface area (Å²) in [5.74, 6) is -1.00. The van der Waals surface area contributed by atoms with Gasteiger partial charge in [-0.2, -0.15) is 0 Å². The summed E-state index contributed by atoms with van der Waals surface area (Å²) in [5, 5.41) is 12.2. The van der Waals surface area contributed by atoms with Crippen molar-refractivity contribution in [1.29, 1.82) is 0 Å². The molecule has 0 saturated carbocycles. The van der Waals surface area contributed by atoms with Gasteiger partial charge in [0.15, 0.2) is 0 Å². The van der Waals surface area contributed by atoms with Crippen LogP contribution in [0, 0.1) is 3.57 Å². The lowest BCUT2D eigenvalue weighted by Gasteiger charge is -2.30. The topological polar surface area (TPSA) is 75.6 Å². The van der Waals surface area contributed by atoms with Gasteiger partial charge in [0.25, 0.3) is 0 Å². The van der Waals surface area contributed by atoms with Crippen LogP contribution >= 0.6 is 22.6 Å². The summed E-state index contributed by atoms with van der Waals surface area (Å²) in [6, 6.07) is 8.62. The number of hydrogen-bond acceptors (Lipinski definition) is 3. The molecule has 0 aliphatic rings. The van der Waals surface area contributed by atoms with E-state index in [1.807, 2.05) is 24.3 Å². The maximum atomic E-state index is 12.3. The van der Waals surface area contributed by atoms with Crippen LogP contribution in [-0.4, -0.2) is 36.9 Å². The summed E-state index contributed by atoms with van der Waals surface area (Å²) in [6.07, 6.45) is 0.128. The van der Waals surface area contributed by atoms with Crippen LogP contribution in [0.3, 0.4) is 0 Å². The van der Waals surface area contributed by atoms with Crippen LogP contribution in [-0.2, 0) is 9.53 Å². The number of rotatable bonds is 8. The van der Waals surface area contributed by atoms with Crippen LogP contribution < -0.4 is 5.32 Å². The van der Waals surface area contributed by atoms with Gasteiger partial charge in [0.05, 0.1) is 6.42 Å². The highest BCUT2D eigenvalue weighted by Crippen LogP contribution is 2.30. The third-order valence-electron chi connectivity index (χ3n) is 4.09. The van der Waals surface area contributed by atoms with Crippen LogP contribution in [0.1, 0.15) is 45.1 Å². The second kappa shape index (κ2) is 9.91. The smallest absolute Gasteiger partial charge is 0.407 e. The number of carbonyl (C=O) groups excluding carboxylic acids is 1. The molecule has 0 aliphatic heterocycles. The van der Waals surface area contributed by atoms with Gasteiger partial charge in [-0.05, 0) is 67.5 Å². The van der Waals surface area contributed by atoms with Gasteiger partial charge in [-0.1, -0.05) is 37.8 Å². The van der Waals surface area contributed by atoms with E-state index in [1.165, 1.54) is 0 Å². The van der Waals surface area contributed by atoms with E-state index in [2.05, 4.69) is 47.5 Å². The zero-order valence-electron chi connectivity index (χ0n) is 17.1. The van der Waals surface area contributed by atoms with E-state index in [0.717, 1.165) is 21.6 Å². The lowest BCUT2D eigenvalue weighted by atomic mass is 9.87. The number of halogens is 1. The molecule has 27 heavy (non-hydrogen) atoms. The van der Waals surface area contributed by atoms with Crippen molar-refractivity contribution in [3.63, 3.8) is 0 Å². The highest BCUT2D eigenvalue weighted by atomic mass is 127. The summed E-state index contributed by atoms with van der Waals surface area (Å²) in [7, 11) is -1.32. The summed E-state index contributed by atoms with van der Waals surface area (Å²) < 4.78 is 6.49. The number of carbonyl (C=O) groups is 2. The van der Waals surface area contributed by atoms with E-state index < -0.39 is 31.8 Å². The van der Waals surface area contributed by atoms with E-state index in [0.29, 0.717) is 0 Å². The molecule has 0 spiro atoms. The van der Waals surface area contributed by atoms with Gasteiger partial charge in [-0.15, -0.1) is 0 Å².